The molecule has 1 amide bonds. The number of halogens is 3. The van der Waals surface area contributed by atoms with Crippen LogP contribution in [-0.4, -0.2) is 32.2 Å². The van der Waals surface area contributed by atoms with Crippen LogP contribution in [0.4, 0.5) is 15.8 Å². The van der Waals surface area contributed by atoms with Gasteiger partial charge in [-0.05, 0) is 36.4 Å². The first-order valence-corrected chi connectivity index (χ1v) is 8.19. The van der Waals surface area contributed by atoms with E-state index in [4.69, 9.17) is 27.9 Å². The van der Waals surface area contributed by atoms with E-state index in [-0.39, 0.29) is 16.3 Å². The summed E-state index contributed by atoms with van der Waals surface area (Å²) in [4.78, 5) is 14.4. The van der Waals surface area contributed by atoms with Gasteiger partial charge in [-0.15, -0.1) is 0 Å². The van der Waals surface area contributed by atoms with E-state index >= 15 is 0 Å². The molecule has 126 valence electrons. The zero-order valence-electron chi connectivity index (χ0n) is 12.7. The summed E-state index contributed by atoms with van der Waals surface area (Å²) >= 11 is 11.8. The van der Waals surface area contributed by atoms with Crippen LogP contribution >= 0.6 is 23.2 Å². The Kier molecular flexibility index (Phi) is 5.23. The Bertz CT molecular complexity index is 764. The molecule has 0 bridgehead atoms. The van der Waals surface area contributed by atoms with Crippen molar-refractivity contribution in [2.24, 2.45) is 0 Å². The molecule has 2 aromatic carbocycles. The maximum atomic E-state index is 14.1. The summed E-state index contributed by atoms with van der Waals surface area (Å²) in [6, 6.07) is 9.17. The average molecular weight is 369 g/mol. The van der Waals surface area contributed by atoms with Gasteiger partial charge in [-0.25, -0.2) is 4.39 Å². The number of carbonyl (C=O) groups excluding carboxylic acids is 1. The Balaban J connectivity index is 1.82. The van der Waals surface area contributed by atoms with Crippen molar-refractivity contribution in [1.82, 2.24) is 0 Å². The van der Waals surface area contributed by atoms with Crippen LogP contribution in [0, 0.1) is 5.82 Å². The van der Waals surface area contributed by atoms with Crippen LogP contribution in [0.5, 0.6) is 0 Å². The minimum Gasteiger partial charge on any atom is -0.378 e. The number of ether oxygens (including phenoxy) is 1. The lowest BCUT2D eigenvalue weighted by Crippen LogP contribution is -2.36. The molecule has 24 heavy (non-hydrogen) atoms. The molecule has 0 radical (unpaired) electrons. The number of benzene rings is 2. The molecule has 1 heterocycles. The number of morpholine rings is 1. The minimum absolute atomic E-state index is 0.106. The molecule has 4 nitrogen and oxygen atoms in total. The molecule has 7 heteroatoms. The molecule has 0 aromatic heterocycles. The van der Waals surface area contributed by atoms with Crippen LogP contribution in [-0.2, 0) is 4.74 Å². The lowest BCUT2D eigenvalue weighted by molar-refractivity contribution is 0.102. The number of rotatable bonds is 3. The van der Waals surface area contributed by atoms with E-state index in [1.54, 1.807) is 18.2 Å². The highest BCUT2D eigenvalue weighted by Gasteiger charge is 2.16. The molecule has 1 aliphatic rings. The van der Waals surface area contributed by atoms with E-state index < -0.39 is 11.7 Å². The van der Waals surface area contributed by atoms with Gasteiger partial charge in [0, 0.05) is 23.8 Å². The molecule has 0 spiro atoms. The standard InChI is InChI=1S/C17H15Cl2FN2O2/c18-11-1-3-13(14(19)9-11)17(23)21-16-10-12(2-4-15(16)20)22-5-7-24-8-6-22/h1-4,9-10H,5-8H2,(H,21,23). The lowest BCUT2D eigenvalue weighted by Gasteiger charge is -2.29. The zero-order valence-corrected chi connectivity index (χ0v) is 14.2. The van der Waals surface area contributed by atoms with Gasteiger partial charge in [-0.2, -0.15) is 0 Å². The quantitative estimate of drug-likeness (QED) is 0.881. The number of nitrogens with zero attached hydrogens (tertiary/aromatic N) is 1. The molecule has 1 saturated heterocycles. The van der Waals surface area contributed by atoms with Gasteiger partial charge in [0.25, 0.3) is 5.91 Å². The topological polar surface area (TPSA) is 41.6 Å². The van der Waals surface area contributed by atoms with Crippen LogP contribution in [0.1, 0.15) is 10.4 Å². The van der Waals surface area contributed by atoms with E-state index in [1.165, 1.54) is 18.2 Å². The van der Waals surface area contributed by atoms with Gasteiger partial charge < -0.3 is 15.0 Å². The van der Waals surface area contributed by atoms with Gasteiger partial charge in [0.15, 0.2) is 0 Å². The van der Waals surface area contributed by atoms with Crippen molar-refractivity contribution in [3.8, 4) is 0 Å². The average Bonchev–Trinajstić information content (AvgIpc) is 2.57. The summed E-state index contributed by atoms with van der Waals surface area (Å²) in [5.74, 6) is -1.000. The first-order chi connectivity index (χ1) is 11.5. The normalized spacial score (nSPS) is 14.5. The number of nitrogens with one attached hydrogen (secondary N) is 1. The van der Waals surface area contributed by atoms with E-state index in [0.717, 1.165) is 18.8 Å². The second kappa shape index (κ2) is 7.38. The fraction of sp³-hybridized carbons (Fsp3) is 0.235. The van der Waals surface area contributed by atoms with Crippen LogP contribution in [0.3, 0.4) is 0 Å². The molecular weight excluding hydrogens is 354 g/mol. The van der Waals surface area contributed by atoms with Crippen LogP contribution in [0.15, 0.2) is 36.4 Å². The van der Waals surface area contributed by atoms with Crippen molar-refractivity contribution < 1.29 is 13.9 Å². The van der Waals surface area contributed by atoms with Gasteiger partial charge in [0.1, 0.15) is 5.82 Å². The first kappa shape index (κ1) is 17.0. The Morgan fingerprint density at radius 3 is 2.58 bits per heavy atom. The highest BCUT2D eigenvalue weighted by atomic mass is 35.5. The molecule has 1 N–H and O–H groups in total. The van der Waals surface area contributed by atoms with E-state index in [1.807, 2.05) is 0 Å². The van der Waals surface area contributed by atoms with Gasteiger partial charge in [0.05, 0.1) is 29.5 Å². The van der Waals surface area contributed by atoms with Crippen LogP contribution < -0.4 is 10.2 Å². The zero-order chi connectivity index (χ0) is 17.1. The summed E-state index contributed by atoms with van der Waals surface area (Å²) in [6.07, 6.45) is 0. The maximum Gasteiger partial charge on any atom is 0.257 e. The van der Waals surface area contributed by atoms with Crippen molar-refractivity contribution in [1.29, 1.82) is 0 Å². The maximum absolute atomic E-state index is 14.1. The van der Waals surface area contributed by atoms with Gasteiger partial charge in [-0.3, -0.25) is 4.79 Å². The van der Waals surface area contributed by atoms with E-state index in [9.17, 15) is 9.18 Å². The molecule has 1 fully saturated rings. The fourth-order valence-electron chi connectivity index (χ4n) is 2.49. The van der Waals surface area contributed by atoms with Gasteiger partial charge in [-0.1, -0.05) is 23.2 Å². The monoisotopic (exact) mass is 368 g/mol. The predicted octanol–water partition coefficient (Wildman–Crippen LogP) is 4.22. The summed E-state index contributed by atoms with van der Waals surface area (Å²) in [6.45, 7) is 2.70. The van der Waals surface area contributed by atoms with Gasteiger partial charge >= 0.3 is 0 Å². The smallest absolute Gasteiger partial charge is 0.257 e. The number of amides is 1. The number of hydrogen-bond acceptors (Lipinski definition) is 3. The fourth-order valence-corrected chi connectivity index (χ4v) is 2.98. The van der Waals surface area contributed by atoms with Crippen molar-refractivity contribution in [2.45, 2.75) is 0 Å². The number of anilines is 2. The molecular formula is C17H15Cl2FN2O2. The van der Waals surface area contributed by atoms with Crippen LogP contribution in [0.25, 0.3) is 0 Å². The third kappa shape index (κ3) is 3.80. The highest BCUT2D eigenvalue weighted by molar-refractivity contribution is 6.37. The first-order valence-electron chi connectivity index (χ1n) is 7.43. The minimum atomic E-state index is -0.509. The second-order valence-corrected chi connectivity index (χ2v) is 6.19. The van der Waals surface area contributed by atoms with Gasteiger partial charge in [0.2, 0.25) is 0 Å². The molecule has 0 saturated carbocycles. The predicted molar refractivity (Wildman–Crippen MR) is 93.8 cm³/mol. The van der Waals surface area contributed by atoms with E-state index in [2.05, 4.69) is 10.2 Å². The van der Waals surface area contributed by atoms with Crippen molar-refractivity contribution in [3.05, 3.63) is 57.8 Å². The van der Waals surface area contributed by atoms with Crippen molar-refractivity contribution >= 4 is 40.5 Å². The Hall–Kier alpha value is -1.82. The number of hydrogen-bond donors (Lipinski definition) is 1. The molecule has 1 aliphatic heterocycles. The molecule has 0 atom stereocenters. The molecule has 3 rings (SSSR count). The highest BCUT2D eigenvalue weighted by Crippen LogP contribution is 2.26. The summed E-state index contributed by atoms with van der Waals surface area (Å²) in [7, 11) is 0. The third-order valence-electron chi connectivity index (χ3n) is 3.75. The Morgan fingerprint density at radius 1 is 1.12 bits per heavy atom. The summed E-state index contributed by atoms with van der Waals surface area (Å²) in [5.41, 5.74) is 1.17. The molecule has 0 aliphatic carbocycles. The molecule has 0 unspecified atom stereocenters. The Morgan fingerprint density at radius 2 is 1.88 bits per heavy atom. The Labute approximate surface area is 149 Å². The lowest BCUT2D eigenvalue weighted by atomic mass is 10.2. The SMILES string of the molecule is O=C(Nc1cc(N2CCOCC2)ccc1F)c1ccc(Cl)cc1Cl. The second-order valence-electron chi connectivity index (χ2n) is 5.34. The number of carbonyl (C=O) groups is 1. The third-order valence-corrected chi connectivity index (χ3v) is 4.30. The summed E-state index contributed by atoms with van der Waals surface area (Å²) in [5, 5.41) is 3.21. The van der Waals surface area contributed by atoms with Crippen LogP contribution in [0.2, 0.25) is 10.0 Å². The summed E-state index contributed by atoms with van der Waals surface area (Å²) < 4.78 is 19.4. The molecule has 2 aromatic rings. The van der Waals surface area contributed by atoms with E-state index in [0.29, 0.717) is 18.2 Å². The van der Waals surface area contributed by atoms with Crippen molar-refractivity contribution in [2.75, 3.05) is 36.5 Å². The largest absolute Gasteiger partial charge is 0.378 e. The van der Waals surface area contributed by atoms with Crippen molar-refractivity contribution in [3.63, 3.8) is 0 Å².